The van der Waals surface area contributed by atoms with Crippen molar-refractivity contribution in [2.45, 2.75) is 45.4 Å². The summed E-state index contributed by atoms with van der Waals surface area (Å²) in [7, 11) is 0. The number of nitrogens with one attached hydrogen (secondary N) is 1. The van der Waals surface area contributed by atoms with Crippen LogP contribution in [-0.2, 0) is 16.1 Å². The van der Waals surface area contributed by atoms with Crippen molar-refractivity contribution in [3.8, 4) is 17.1 Å². The molecule has 1 aromatic heterocycles. The molecule has 0 spiro atoms. The summed E-state index contributed by atoms with van der Waals surface area (Å²) in [5.41, 5.74) is 2.74. The molecule has 1 unspecified atom stereocenters. The fourth-order valence-electron chi connectivity index (χ4n) is 3.50. The van der Waals surface area contributed by atoms with Crippen molar-refractivity contribution in [1.29, 1.82) is 0 Å². The first-order valence-electron chi connectivity index (χ1n) is 9.19. The van der Waals surface area contributed by atoms with Crippen LogP contribution in [0.1, 0.15) is 42.6 Å². The lowest BCUT2D eigenvalue weighted by Gasteiger charge is -2.29. The number of nitrogens with zero attached hydrogens (tertiary/aromatic N) is 3. The molecule has 0 saturated carbocycles. The zero-order valence-corrected chi connectivity index (χ0v) is 15.6. The van der Waals surface area contributed by atoms with E-state index in [1.807, 2.05) is 26.0 Å². The van der Waals surface area contributed by atoms with Gasteiger partial charge in [0.1, 0.15) is 6.04 Å². The summed E-state index contributed by atoms with van der Waals surface area (Å²) in [5.74, 6) is -0.504. The normalized spacial score (nSPS) is 19.0. The minimum atomic E-state index is -0.622. The van der Waals surface area contributed by atoms with Gasteiger partial charge in [0.15, 0.2) is 0 Å². The molecule has 0 bridgehead atoms. The van der Waals surface area contributed by atoms with Gasteiger partial charge in [0, 0.05) is 24.1 Å². The molecule has 2 aliphatic rings. The van der Waals surface area contributed by atoms with E-state index in [0.29, 0.717) is 30.1 Å². The molecular formula is C20H20N4O4. The van der Waals surface area contributed by atoms with Gasteiger partial charge in [-0.15, -0.1) is 0 Å². The third-order valence-electron chi connectivity index (χ3n) is 4.79. The average molecular weight is 380 g/mol. The maximum absolute atomic E-state index is 12.9. The summed E-state index contributed by atoms with van der Waals surface area (Å²) >= 11 is 0. The zero-order chi connectivity index (χ0) is 19.8. The Morgan fingerprint density at radius 2 is 2.04 bits per heavy atom. The predicted octanol–water partition coefficient (Wildman–Crippen LogP) is 1.69. The quantitative estimate of drug-likeness (QED) is 0.810. The highest BCUT2D eigenvalue weighted by Crippen LogP contribution is 2.31. The molecule has 0 radical (unpaired) electrons. The first kappa shape index (κ1) is 18.1. The Morgan fingerprint density at radius 3 is 2.79 bits per heavy atom. The number of aromatic nitrogens is 2. The fraction of sp³-hybridized carbons (Fsp3) is 0.350. The largest absolute Gasteiger partial charge is 0.474 e. The number of benzene rings is 1. The van der Waals surface area contributed by atoms with Crippen LogP contribution in [0.5, 0.6) is 5.88 Å². The third-order valence-corrected chi connectivity index (χ3v) is 4.79. The van der Waals surface area contributed by atoms with Crippen LogP contribution in [0.15, 0.2) is 30.6 Å². The molecule has 8 nitrogen and oxygen atoms in total. The van der Waals surface area contributed by atoms with Gasteiger partial charge in [0.2, 0.25) is 17.7 Å². The molecule has 1 atom stereocenters. The van der Waals surface area contributed by atoms with Crippen LogP contribution in [0.4, 0.5) is 0 Å². The molecule has 8 heteroatoms. The number of imide groups is 1. The van der Waals surface area contributed by atoms with Crippen LogP contribution in [0.2, 0.25) is 0 Å². The van der Waals surface area contributed by atoms with Crippen molar-refractivity contribution in [2.75, 3.05) is 0 Å². The highest BCUT2D eigenvalue weighted by molar-refractivity contribution is 6.05. The Bertz CT molecular complexity index is 972. The van der Waals surface area contributed by atoms with Crippen LogP contribution in [0, 0.1) is 0 Å². The maximum Gasteiger partial charge on any atom is 0.255 e. The molecule has 1 saturated heterocycles. The van der Waals surface area contributed by atoms with E-state index in [1.165, 1.54) is 4.90 Å². The van der Waals surface area contributed by atoms with Crippen LogP contribution in [0.3, 0.4) is 0 Å². The van der Waals surface area contributed by atoms with Gasteiger partial charge in [-0.2, -0.15) is 0 Å². The number of amides is 3. The molecule has 4 rings (SSSR count). The summed E-state index contributed by atoms with van der Waals surface area (Å²) < 4.78 is 5.59. The van der Waals surface area contributed by atoms with E-state index < -0.39 is 11.9 Å². The van der Waals surface area contributed by atoms with E-state index in [2.05, 4.69) is 15.3 Å². The van der Waals surface area contributed by atoms with E-state index in [0.717, 1.165) is 11.1 Å². The second-order valence-electron chi connectivity index (χ2n) is 7.18. The van der Waals surface area contributed by atoms with E-state index >= 15 is 0 Å². The molecule has 3 heterocycles. The van der Waals surface area contributed by atoms with Gasteiger partial charge in [-0.1, -0.05) is 12.1 Å². The van der Waals surface area contributed by atoms with E-state index in [1.54, 1.807) is 18.5 Å². The standard InChI is InChI=1S/C20H20N4O4/c1-11(2)28-18-9-21-8-15(22-18)12-3-4-13-10-24(20(27)14(13)7-12)16-5-6-17(25)23-19(16)26/h3-4,7-9,11,16H,5-6,10H2,1-2H3,(H,23,25,26). The Balaban J connectivity index is 1.60. The summed E-state index contributed by atoms with van der Waals surface area (Å²) in [6, 6.07) is 4.89. The molecule has 1 N–H and O–H groups in total. The fourth-order valence-corrected chi connectivity index (χ4v) is 3.50. The third kappa shape index (κ3) is 3.33. The minimum Gasteiger partial charge on any atom is -0.474 e. The molecule has 1 fully saturated rings. The molecule has 144 valence electrons. The van der Waals surface area contributed by atoms with Gasteiger partial charge in [0.05, 0.1) is 24.2 Å². The summed E-state index contributed by atoms with van der Waals surface area (Å²) in [5, 5.41) is 2.31. The molecule has 1 aromatic carbocycles. The zero-order valence-electron chi connectivity index (χ0n) is 15.6. The molecule has 2 aromatic rings. The minimum absolute atomic E-state index is 0.0202. The van der Waals surface area contributed by atoms with Crippen LogP contribution < -0.4 is 10.1 Å². The molecule has 28 heavy (non-hydrogen) atoms. The number of carbonyl (C=O) groups is 3. The van der Waals surface area contributed by atoms with Crippen molar-refractivity contribution < 1.29 is 19.1 Å². The van der Waals surface area contributed by atoms with Crippen molar-refractivity contribution in [2.24, 2.45) is 0 Å². The van der Waals surface area contributed by atoms with E-state index in [9.17, 15) is 14.4 Å². The molecule has 3 amide bonds. The summed E-state index contributed by atoms with van der Waals surface area (Å²) in [6.45, 7) is 4.17. The number of rotatable bonds is 4. The Morgan fingerprint density at radius 1 is 1.21 bits per heavy atom. The monoisotopic (exact) mass is 380 g/mol. The summed E-state index contributed by atoms with van der Waals surface area (Å²) in [6.07, 6.45) is 3.73. The van der Waals surface area contributed by atoms with Gasteiger partial charge in [0.25, 0.3) is 5.91 Å². The van der Waals surface area contributed by atoms with Crippen LogP contribution in [0.25, 0.3) is 11.3 Å². The van der Waals surface area contributed by atoms with Gasteiger partial charge >= 0.3 is 0 Å². The lowest BCUT2D eigenvalue weighted by Crippen LogP contribution is -2.52. The number of hydrogen-bond donors (Lipinski definition) is 1. The van der Waals surface area contributed by atoms with Gasteiger partial charge in [-0.3, -0.25) is 24.7 Å². The second kappa shape index (κ2) is 7.03. The van der Waals surface area contributed by atoms with Crippen LogP contribution in [-0.4, -0.2) is 44.7 Å². The number of carbonyl (C=O) groups excluding carboxylic acids is 3. The number of ether oxygens (including phenoxy) is 1. The summed E-state index contributed by atoms with van der Waals surface area (Å²) in [4.78, 5) is 46.6. The molecular weight excluding hydrogens is 360 g/mol. The predicted molar refractivity (Wildman–Crippen MR) is 99.3 cm³/mol. The van der Waals surface area contributed by atoms with Crippen molar-refractivity contribution in [3.05, 3.63) is 41.7 Å². The van der Waals surface area contributed by atoms with Gasteiger partial charge in [-0.05, 0) is 31.9 Å². The number of hydrogen-bond acceptors (Lipinski definition) is 6. The highest BCUT2D eigenvalue weighted by atomic mass is 16.5. The van der Waals surface area contributed by atoms with Crippen molar-refractivity contribution in [1.82, 2.24) is 20.2 Å². The second-order valence-corrected chi connectivity index (χ2v) is 7.18. The number of fused-ring (bicyclic) bond motifs is 1. The Hall–Kier alpha value is -3.29. The molecule has 2 aliphatic heterocycles. The number of piperidine rings is 1. The lowest BCUT2D eigenvalue weighted by atomic mass is 10.0. The first-order valence-corrected chi connectivity index (χ1v) is 9.19. The van der Waals surface area contributed by atoms with Gasteiger partial charge in [-0.25, -0.2) is 4.98 Å². The Kier molecular flexibility index (Phi) is 4.54. The topological polar surface area (TPSA) is 101 Å². The average Bonchev–Trinajstić information content (AvgIpc) is 2.97. The van der Waals surface area contributed by atoms with E-state index in [-0.39, 0.29) is 24.3 Å². The Labute approximate surface area is 161 Å². The lowest BCUT2D eigenvalue weighted by molar-refractivity contribution is -0.136. The van der Waals surface area contributed by atoms with Crippen molar-refractivity contribution >= 4 is 17.7 Å². The SMILES string of the molecule is CC(C)Oc1cncc(-c2ccc3c(c2)C(=O)N(C2CCC(=O)NC2=O)C3)n1. The highest BCUT2D eigenvalue weighted by Gasteiger charge is 2.39. The van der Waals surface area contributed by atoms with Crippen LogP contribution >= 0.6 is 0 Å². The smallest absolute Gasteiger partial charge is 0.255 e. The van der Waals surface area contributed by atoms with E-state index in [4.69, 9.17) is 4.74 Å². The van der Waals surface area contributed by atoms with Gasteiger partial charge < -0.3 is 9.64 Å². The maximum atomic E-state index is 12.9. The molecule has 0 aliphatic carbocycles. The first-order chi connectivity index (χ1) is 13.4. The van der Waals surface area contributed by atoms with Crippen molar-refractivity contribution in [3.63, 3.8) is 0 Å².